The van der Waals surface area contributed by atoms with Crippen molar-refractivity contribution in [3.8, 4) is 11.1 Å². The van der Waals surface area contributed by atoms with Gasteiger partial charge in [0.25, 0.3) is 20.9 Å². The number of thiophene rings is 1. The molecule has 1 amide bonds. The fourth-order valence-corrected chi connectivity index (χ4v) is 9.36. The van der Waals surface area contributed by atoms with Gasteiger partial charge in [0.15, 0.2) is 0 Å². The first-order chi connectivity index (χ1) is 26.4. The predicted molar refractivity (Wildman–Crippen MR) is 223 cm³/mol. The minimum absolute atomic E-state index is 0.0922. The molecule has 1 atom stereocenters. The molecule has 0 bridgehead atoms. The third kappa shape index (κ3) is 10.9. The topological polar surface area (TPSA) is 125 Å². The Balaban J connectivity index is 1.06. The molecule has 288 valence electrons. The van der Waals surface area contributed by atoms with E-state index in [0.717, 1.165) is 67.2 Å². The summed E-state index contributed by atoms with van der Waals surface area (Å²) in [6, 6.07) is 30.8. The van der Waals surface area contributed by atoms with E-state index in [1.807, 2.05) is 74.1 Å². The van der Waals surface area contributed by atoms with Gasteiger partial charge in [0.05, 0.1) is 14.0 Å². The van der Waals surface area contributed by atoms with Gasteiger partial charge in [0, 0.05) is 66.9 Å². The van der Waals surface area contributed by atoms with Gasteiger partial charge in [0.2, 0.25) is 0 Å². The molecule has 0 saturated carbocycles. The van der Waals surface area contributed by atoms with E-state index in [1.165, 1.54) is 23.3 Å². The highest BCUT2D eigenvalue weighted by molar-refractivity contribution is 8.01. The molecule has 15 heteroatoms. The molecule has 11 nitrogen and oxygen atoms in total. The van der Waals surface area contributed by atoms with Crippen molar-refractivity contribution < 1.29 is 23.3 Å². The fraction of sp³-hybridized carbons (Fsp3) is 0.275. The number of nitrogens with zero attached hydrogens (tertiary/aromatic N) is 4. The Bertz CT molecular complexity index is 2180. The first-order valence-corrected chi connectivity index (χ1v) is 21.5. The predicted octanol–water partition coefficient (Wildman–Crippen LogP) is 7.83. The molecule has 4 aromatic carbocycles. The largest absolute Gasteiger partial charge is 0.376 e. The third-order valence-corrected chi connectivity index (χ3v) is 13.2. The molecular formula is C40H44ClN6O5S3+. The third-order valence-electron chi connectivity index (χ3n) is 9.35. The van der Waals surface area contributed by atoms with Crippen molar-refractivity contribution in [3.05, 3.63) is 130 Å². The summed E-state index contributed by atoms with van der Waals surface area (Å²) in [5.41, 5.74) is 4.67. The molecule has 0 radical (unpaired) electrons. The van der Waals surface area contributed by atoms with E-state index in [4.69, 9.17) is 11.6 Å². The van der Waals surface area contributed by atoms with Crippen molar-refractivity contribution in [2.24, 2.45) is 0 Å². The number of hydrogen-bond donors (Lipinski definition) is 3. The van der Waals surface area contributed by atoms with Crippen LogP contribution in [0.5, 0.6) is 0 Å². The zero-order valence-corrected chi connectivity index (χ0v) is 33.8. The summed E-state index contributed by atoms with van der Waals surface area (Å²) < 4.78 is 30.0. The van der Waals surface area contributed by atoms with Crippen molar-refractivity contribution in [3.63, 3.8) is 0 Å². The number of benzene rings is 4. The molecule has 1 aromatic heterocycles. The van der Waals surface area contributed by atoms with Gasteiger partial charge in [-0.1, -0.05) is 54.1 Å². The monoisotopic (exact) mass is 819 g/mol. The maximum atomic E-state index is 13.3. The van der Waals surface area contributed by atoms with Crippen molar-refractivity contribution in [1.82, 2.24) is 14.5 Å². The second kappa shape index (κ2) is 18.5. The van der Waals surface area contributed by atoms with Crippen LogP contribution in [0, 0.1) is 4.91 Å². The Morgan fingerprint density at radius 1 is 0.964 bits per heavy atom. The maximum Gasteiger partial charge on any atom is 0.340 e. The lowest BCUT2D eigenvalue weighted by molar-refractivity contribution is -0.729. The average Bonchev–Trinajstić information content (AvgIpc) is 3.70. The van der Waals surface area contributed by atoms with Crippen LogP contribution in [-0.2, 0) is 16.6 Å². The zero-order valence-electron chi connectivity index (χ0n) is 30.6. The molecule has 2 heterocycles. The van der Waals surface area contributed by atoms with Gasteiger partial charge in [-0.05, 0) is 104 Å². The lowest BCUT2D eigenvalue weighted by Crippen LogP contribution is -2.46. The molecule has 0 unspecified atom stereocenters. The Morgan fingerprint density at radius 3 is 2.36 bits per heavy atom. The quantitative estimate of drug-likeness (QED) is 0.0670. The van der Waals surface area contributed by atoms with Crippen molar-refractivity contribution in [2.45, 2.75) is 28.1 Å². The minimum Gasteiger partial charge on any atom is -0.376 e. The van der Waals surface area contributed by atoms with Crippen LogP contribution in [0.3, 0.4) is 0 Å². The lowest BCUT2D eigenvalue weighted by Gasteiger charge is -2.36. The van der Waals surface area contributed by atoms with E-state index < -0.39 is 15.9 Å². The van der Waals surface area contributed by atoms with Crippen molar-refractivity contribution in [2.75, 3.05) is 62.8 Å². The van der Waals surface area contributed by atoms with Crippen LogP contribution in [0.1, 0.15) is 22.3 Å². The molecular weight excluding hydrogens is 776 g/mol. The number of halogens is 1. The van der Waals surface area contributed by atoms with Crippen molar-refractivity contribution in [1.29, 1.82) is 0 Å². The number of amides is 1. The van der Waals surface area contributed by atoms with Crippen LogP contribution < -0.4 is 14.9 Å². The minimum atomic E-state index is -4.39. The zero-order chi connectivity index (χ0) is 39.0. The van der Waals surface area contributed by atoms with Crippen LogP contribution >= 0.6 is 34.7 Å². The highest BCUT2D eigenvalue weighted by Gasteiger charge is 2.28. The SMILES string of the molecule is CN(C)CC[C@H](CSc1cccs1)Nc1ccc(S(=O)(=O)NC(=O)c2ccc(N3CCN(Cc4ccccc4-c4ccc(Cl)cc4)CC3)cc2)cc1[N+](=O)O. The van der Waals surface area contributed by atoms with Crippen LogP contribution in [0.2, 0.25) is 5.02 Å². The van der Waals surface area contributed by atoms with Crippen LogP contribution in [0.4, 0.5) is 17.1 Å². The van der Waals surface area contributed by atoms with E-state index in [2.05, 4.69) is 42.9 Å². The first kappa shape index (κ1) is 40.2. The number of rotatable bonds is 16. The normalized spacial score (nSPS) is 14.1. The number of piperazine rings is 1. The number of nitrogens with one attached hydrogen (secondary N) is 2. The first-order valence-electron chi connectivity index (χ1n) is 17.8. The van der Waals surface area contributed by atoms with E-state index in [9.17, 15) is 23.3 Å². The maximum absolute atomic E-state index is 13.3. The summed E-state index contributed by atoms with van der Waals surface area (Å²) in [5, 5.41) is 16.0. The van der Waals surface area contributed by atoms with Gasteiger partial charge in [-0.15, -0.1) is 23.1 Å². The molecule has 6 rings (SSSR count). The molecule has 1 aliphatic rings. The molecule has 55 heavy (non-hydrogen) atoms. The number of carbonyl (C=O) groups is 1. The Labute approximate surface area is 335 Å². The summed E-state index contributed by atoms with van der Waals surface area (Å²) in [6.07, 6.45) is 0.737. The second-order valence-electron chi connectivity index (χ2n) is 13.5. The number of sulfonamides is 1. The highest BCUT2D eigenvalue weighted by atomic mass is 35.5. The van der Waals surface area contributed by atoms with Crippen LogP contribution in [0.25, 0.3) is 11.1 Å². The molecule has 1 fully saturated rings. The van der Waals surface area contributed by atoms with Gasteiger partial charge in [0.1, 0.15) is 5.69 Å². The van der Waals surface area contributed by atoms with Gasteiger partial charge < -0.3 is 15.1 Å². The highest BCUT2D eigenvalue weighted by Crippen LogP contribution is 2.31. The molecule has 0 aliphatic carbocycles. The Hall–Kier alpha value is -4.44. The molecule has 0 spiro atoms. The molecule has 1 saturated heterocycles. The molecule has 3 N–H and O–H groups in total. The van der Waals surface area contributed by atoms with Crippen LogP contribution in [-0.4, -0.2) is 92.9 Å². The van der Waals surface area contributed by atoms with Crippen LogP contribution in [0.15, 0.2) is 118 Å². The van der Waals surface area contributed by atoms with Gasteiger partial charge >= 0.3 is 5.69 Å². The Morgan fingerprint density at radius 2 is 1.69 bits per heavy atom. The number of anilines is 2. The Kier molecular flexibility index (Phi) is 13.5. The number of thioether (sulfide) groups is 1. The van der Waals surface area contributed by atoms with Crippen molar-refractivity contribution >= 4 is 67.7 Å². The lowest BCUT2D eigenvalue weighted by atomic mass is 9.99. The second-order valence-corrected chi connectivity index (χ2v) is 17.9. The summed E-state index contributed by atoms with van der Waals surface area (Å²) in [5.74, 6) is -0.124. The van der Waals surface area contributed by atoms with Gasteiger partial charge in [-0.2, -0.15) is 0 Å². The number of carbonyl (C=O) groups excluding carboxylic acids is 1. The average molecular weight is 820 g/mol. The summed E-state index contributed by atoms with van der Waals surface area (Å²) in [4.78, 5) is 31.4. The van der Waals surface area contributed by atoms with E-state index in [-0.39, 0.29) is 32.8 Å². The van der Waals surface area contributed by atoms with E-state index in [0.29, 0.717) is 10.8 Å². The van der Waals surface area contributed by atoms with Gasteiger partial charge in [-0.25, -0.2) is 18.3 Å². The fourth-order valence-electron chi connectivity index (χ4n) is 6.36. The molecule has 1 aliphatic heterocycles. The smallest absolute Gasteiger partial charge is 0.340 e. The number of hydrogen-bond acceptors (Lipinski definition) is 10. The van der Waals surface area contributed by atoms with Gasteiger partial charge in [-0.3, -0.25) is 9.69 Å². The standard InChI is InChI=1S/C40H43ClN6O5S3/c1-44(2)20-19-33(28-54-39-8-5-25-53-39)42-37-18-17-35(26-38(37)47(49)50)55(51,52)43-40(48)30-11-15-34(16-12-30)46-23-21-45(22-24-46)27-31-6-3-4-7-36(31)29-9-13-32(41)14-10-29/h3-18,25-26,33,42H,19-24,27-28H2,1-2H3,(H-,43,48,49,50)/p+1/t33-/m1/s1. The van der Waals surface area contributed by atoms with E-state index >= 15 is 0 Å². The summed E-state index contributed by atoms with van der Waals surface area (Å²) in [6.45, 7) is 4.88. The summed E-state index contributed by atoms with van der Waals surface area (Å²) >= 11 is 9.43. The van der Waals surface area contributed by atoms with E-state index in [1.54, 1.807) is 35.2 Å². The summed E-state index contributed by atoms with van der Waals surface area (Å²) in [7, 11) is -0.449. The molecule has 5 aromatic rings.